The van der Waals surface area contributed by atoms with Gasteiger partial charge in [-0.1, -0.05) is 24.3 Å². The molecule has 5 heteroatoms. The number of hydrogen-bond acceptors (Lipinski definition) is 4. The second kappa shape index (κ2) is 5.91. The fraction of sp³-hybridized carbons (Fsp3) is 0.429. The molecule has 2 aromatic rings. The Morgan fingerprint density at radius 1 is 1.12 bits per heavy atom. The normalized spacial score (nSPS) is 21.9. The van der Waals surface area contributed by atoms with E-state index in [-0.39, 0.29) is 12.1 Å². The molecule has 0 saturated carbocycles. The van der Waals surface area contributed by atoms with Crippen molar-refractivity contribution in [2.24, 2.45) is 0 Å². The van der Waals surface area contributed by atoms with Crippen LogP contribution in [0.4, 0.5) is 10.5 Å². The highest BCUT2D eigenvalue weighted by molar-refractivity contribution is 5.98. The molecule has 2 saturated heterocycles. The standard InChI is InChI=1S/C21H23N3O2/c1-21(2,3)26-20(25)24-13-15-10-16(24)12-23(15)19-9-8-14(11-22)17-6-4-5-7-18(17)19/h4-9,15-16H,10,12-13H2,1-3H3/t15-,16-/m0/s1. The minimum atomic E-state index is -0.470. The number of carbonyl (C=O) groups excluding carboxylic acids is 1. The third kappa shape index (κ3) is 2.76. The first-order chi connectivity index (χ1) is 12.4. The highest BCUT2D eigenvalue weighted by Crippen LogP contribution is 2.39. The van der Waals surface area contributed by atoms with Gasteiger partial charge >= 0.3 is 6.09 Å². The highest BCUT2D eigenvalue weighted by atomic mass is 16.6. The molecule has 134 valence electrons. The molecule has 2 atom stereocenters. The first-order valence-electron chi connectivity index (χ1n) is 9.05. The number of fused-ring (bicyclic) bond motifs is 3. The van der Waals surface area contributed by atoms with Crippen LogP contribution >= 0.6 is 0 Å². The minimum absolute atomic E-state index is 0.184. The molecule has 2 aliphatic heterocycles. The average molecular weight is 349 g/mol. The van der Waals surface area contributed by atoms with Crippen molar-refractivity contribution in [1.29, 1.82) is 5.26 Å². The van der Waals surface area contributed by atoms with Gasteiger partial charge in [0, 0.05) is 35.6 Å². The Kier molecular flexibility index (Phi) is 3.80. The molecular formula is C21H23N3O2. The van der Waals surface area contributed by atoms with Crippen LogP contribution in [0.1, 0.15) is 32.8 Å². The Bertz CT molecular complexity index is 910. The molecule has 0 aliphatic carbocycles. The highest BCUT2D eigenvalue weighted by Gasteiger charge is 2.46. The van der Waals surface area contributed by atoms with E-state index in [4.69, 9.17) is 4.74 Å². The third-order valence-corrected chi connectivity index (χ3v) is 5.20. The lowest BCUT2D eigenvalue weighted by atomic mass is 10.0. The van der Waals surface area contributed by atoms with Gasteiger partial charge in [0.25, 0.3) is 0 Å². The van der Waals surface area contributed by atoms with Crippen molar-refractivity contribution in [3.63, 3.8) is 0 Å². The second-order valence-corrected chi connectivity index (χ2v) is 8.12. The van der Waals surface area contributed by atoms with Crippen molar-refractivity contribution in [2.45, 2.75) is 44.9 Å². The van der Waals surface area contributed by atoms with Gasteiger partial charge < -0.3 is 14.5 Å². The van der Waals surface area contributed by atoms with Crippen molar-refractivity contribution < 1.29 is 9.53 Å². The van der Waals surface area contributed by atoms with Crippen LogP contribution in [0.2, 0.25) is 0 Å². The maximum Gasteiger partial charge on any atom is 0.410 e. The predicted molar refractivity (Wildman–Crippen MR) is 101 cm³/mol. The number of amides is 1. The molecule has 0 N–H and O–H groups in total. The average Bonchev–Trinajstić information content (AvgIpc) is 3.20. The summed E-state index contributed by atoms with van der Waals surface area (Å²) in [4.78, 5) is 16.7. The molecule has 0 radical (unpaired) electrons. The van der Waals surface area contributed by atoms with Crippen molar-refractivity contribution in [2.75, 3.05) is 18.0 Å². The molecule has 1 amide bonds. The zero-order valence-corrected chi connectivity index (χ0v) is 15.4. The molecule has 2 heterocycles. The summed E-state index contributed by atoms with van der Waals surface area (Å²) in [6.07, 6.45) is 0.752. The van der Waals surface area contributed by atoms with E-state index < -0.39 is 5.60 Å². The van der Waals surface area contributed by atoms with Crippen LogP contribution in [0.5, 0.6) is 0 Å². The van der Waals surface area contributed by atoms with E-state index in [1.165, 1.54) is 0 Å². The van der Waals surface area contributed by atoms with Gasteiger partial charge in [0.1, 0.15) is 5.60 Å². The first kappa shape index (κ1) is 16.7. The zero-order valence-electron chi connectivity index (χ0n) is 15.4. The Labute approximate surface area is 153 Å². The van der Waals surface area contributed by atoms with Crippen molar-refractivity contribution in [1.82, 2.24) is 4.90 Å². The SMILES string of the molecule is CC(C)(C)OC(=O)N1C[C@@H]2C[C@H]1CN2c1ccc(C#N)c2ccccc12. The van der Waals surface area contributed by atoms with Crippen LogP contribution in [0.25, 0.3) is 10.8 Å². The van der Waals surface area contributed by atoms with Crippen LogP contribution in [-0.4, -0.2) is 41.8 Å². The summed E-state index contributed by atoms with van der Waals surface area (Å²) >= 11 is 0. The van der Waals surface area contributed by atoms with E-state index in [2.05, 4.69) is 17.0 Å². The van der Waals surface area contributed by atoms with Crippen LogP contribution in [-0.2, 0) is 4.74 Å². The summed E-state index contributed by atoms with van der Waals surface area (Å²) < 4.78 is 5.55. The summed E-state index contributed by atoms with van der Waals surface area (Å²) in [5.74, 6) is 0. The zero-order chi connectivity index (χ0) is 18.5. The number of nitriles is 1. The van der Waals surface area contributed by atoms with Gasteiger partial charge in [-0.2, -0.15) is 5.26 Å². The molecule has 2 aromatic carbocycles. The number of piperazine rings is 1. The quantitative estimate of drug-likeness (QED) is 0.783. The van der Waals surface area contributed by atoms with Gasteiger partial charge in [0.2, 0.25) is 0 Å². The van der Waals surface area contributed by atoms with Crippen LogP contribution < -0.4 is 4.90 Å². The molecule has 5 nitrogen and oxygen atoms in total. The summed E-state index contributed by atoms with van der Waals surface area (Å²) in [6.45, 7) is 7.19. The molecule has 0 spiro atoms. The minimum Gasteiger partial charge on any atom is -0.444 e. The van der Waals surface area contributed by atoms with Gasteiger partial charge in [0.05, 0.1) is 17.7 Å². The third-order valence-electron chi connectivity index (χ3n) is 5.20. The fourth-order valence-electron chi connectivity index (χ4n) is 4.14. The maximum atomic E-state index is 12.4. The van der Waals surface area contributed by atoms with Gasteiger partial charge in [-0.15, -0.1) is 0 Å². The molecule has 2 fully saturated rings. The predicted octanol–water partition coefficient (Wildman–Crippen LogP) is 3.91. The lowest BCUT2D eigenvalue weighted by molar-refractivity contribution is 0.0215. The van der Waals surface area contributed by atoms with E-state index in [9.17, 15) is 10.1 Å². The Morgan fingerprint density at radius 3 is 2.46 bits per heavy atom. The molecule has 2 aliphatic rings. The van der Waals surface area contributed by atoms with Gasteiger partial charge in [-0.05, 0) is 39.3 Å². The number of ether oxygens (including phenoxy) is 1. The Morgan fingerprint density at radius 2 is 1.85 bits per heavy atom. The lowest BCUT2D eigenvalue weighted by Crippen LogP contribution is -2.50. The molecule has 0 aromatic heterocycles. The van der Waals surface area contributed by atoms with Crippen molar-refractivity contribution in [3.8, 4) is 6.07 Å². The summed E-state index contributed by atoms with van der Waals surface area (Å²) in [5.41, 5.74) is 1.38. The fourth-order valence-corrected chi connectivity index (χ4v) is 4.14. The summed E-state index contributed by atoms with van der Waals surface area (Å²) in [7, 11) is 0. The van der Waals surface area contributed by atoms with Crippen molar-refractivity contribution in [3.05, 3.63) is 42.0 Å². The van der Waals surface area contributed by atoms with E-state index in [1.54, 1.807) is 0 Å². The summed E-state index contributed by atoms with van der Waals surface area (Å²) in [6, 6.07) is 14.7. The maximum absolute atomic E-state index is 12.4. The second-order valence-electron chi connectivity index (χ2n) is 8.12. The van der Waals surface area contributed by atoms with E-state index in [1.807, 2.05) is 56.0 Å². The number of likely N-dealkylation sites (tertiary alicyclic amines) is 1. The monoisotopic (exact) mass is 349 g/mol. The smallest absolute Gasteiger partial charge is 0.410 e. The number of nitrogens with zero attached hydrogens (tertiary/aromatic N) is 3. The molecule has 0 unspecified atom stereocenters. The van der Waals surface area contributed by atoms with E-state index in [0.29, 0.717) is 18.2 Å². The van der Waals surface area contributed by atoms with Crippen LogP contribution in [0.3, 0.4) is 0 Å². The van der Waals surface area contributed by atoms with Crippen LogP contribution in [0.15, 0.2) is 36.4 Å². The number of hydrogen-bond donors (Lipinski definition) is 0. The van der Waals surface area contributed by atoms with E-state index in [0.717, 1.165) is 29.4 Å². The van der Waals surface area contributed by atoms with Crippen molar-refractivity contribution >= 4 is 22.6 Å². The molecule has 4 rings (SSSR count). The van der Waals surface area contributed by atoms with Gasteiger partial charge in [-0.25, -0.2) is 4.79 Å². The number of anilines is 1. The topological polar surface area (TPSA) is 56.6 Å². The number of benzene rings is 2. The van der Waals surface area contributed by atoms with Gasteiger partial charge in [0.15, 0.2) is 0 Å². The molecular weight excluding hydrogens is 326 g/mol. The molecule has 26 heavy (non-hydrogen) atoms. The largest absolute Gasteiger partial charge is 0.444 e. The summed E-state index contributed by atoms with van der Waals surface area (Å²) in [5, 5.41) is 11.4. The number of carbonyl (C=O) groups is 1. The van der Waals surface area contributed by atoms with E-state index >= 15 is 0 Å². The Hall–Kier alpha value is -2.74. The molecule has 2 bridgehead atoms. The lowest BCUT2D eigenvalue weighted by Gasteiger charge is -2.36. The Balaban J connectivity index is 1.60. The first-order valence-corrected chi connectivity index (χ1v) is 9.05. The van der Waals surface area contributed by atoms with Gasteiger partial charge in [-0.3, -0.25) is 0 Å². The van der Waals surface area contributed by atoms with Crippen LogP contribution in [0, 0.1) is 11.3 Å². The number of rotatable bonds is 1.